The van der Waals surface area contributed by atoms with Crippen molar-refractivity contribution in [2.45, 2.75) is 0 Å². The van der Waals surface area contributed by atoms with E-state index < -0.39 is 5.97 Å². The quantitative estimate of drug-likeness (QED) is 0.859. The molecule has 0 radical (unpaired) electrons. The van der Waals surface area contributed by atoms with E-state index in [1.54, 1.807) is 6.07 Å². The Morgan fingerprint density at radius 1 is 1.12 bits per heavy atom. The van der Waals surface area contributed by atoms with Crippen molar-refractivity contribution in [3.63, 3.8) is 0 Å². The van der Waals surface area contributed by atoms with Crippen LogP contribution in [0.2, 0.25) is 15.1 Å². The van der Waals surface area contributed by atoms with Crippen molar-refractivity contribution in [1.82, 2.24) is 4.98 Å². The lowest BCUT2D eigenvalue weighted by Crippen LogP contribution is -2.00. The van der Waals surface area contributed by atoms with E-state index in [0.717, 1.165) is 0 Å². The first-order valence-electron chi connectivity index (χ1n) is 4.17. The predicted octanol–water partition coefficient (Wildman–Crippen LogP) is 3.89. The van der Waals surface area contributed by atoms with Gasteiger partial charge in [0.05, 0.1) is 15.6 Å². The summed E-state index contributed by atoms with van der Waals surface area (Å²) in [5.74, 6) is -1.16. The highest BCUT2D eigenvalue weighted by molar-refractivity contribution is 6.41. The van der Waals surface area contributed by atoms with Crippen LogP contribution in [0.25, 0.3) is 10.9 Å². The molecule has 0 saturated carbocycles. The van der Waals surface area contributed by atoms with Crippen LogP contribution in [0.15, 0.2) is 18.2 Å². The van der Waals surface area contributed by atoms with Crippen LogP contribution < -0.4 is 0 Å². The second-order valence-corrected chi connectivity index (χ2v) is 4.33. The fraction of sp³-hybridized carbons (Fsp3) is 0. The Bertz CT molecular complexity index is 598. The maximum Gasteiger partial charge on any atom is 0.354 e. The van der Waals surface area contributed by atoms with Crippen LogP contribution in [-0.4, -0.2) is 16.1 Å². The van der Waals surface area contributed by atoms with Crippen LogP contribution in [-0.2, 0) is 0 Å². The molecule has 1 N–H and O–H groups in total. The van der Waals surface area contributed by atoms with Crippen molar-refractivity contribution in [2.75, 3.05) is 0 Å². The van der Waals surface area contributed by atoms with Gasteiger partial charge in [-0.1, -0.05) is 34.8 Å². The first kappa shape index (κ1) is 11.5. The number of carbonyl (C=O) groups is 1. The minimum Gasteiger partial charge on any atom is -0.477 e. The van der Waals surface area contributed by atoms with Gasteiger partial charge in [-0.3, -0.25) is 0 Å². The lowest BCUT2D eigenvalue weighted by Gasteiger charge is -2.04. The number of carboxylic acids is 1. The third kappa shape index (κ3) is 1.94. The van der Waals surface area contributed by atoms with Gasteiger partial charge in [-0.25, -0.2) is 9.78 Å². The van der Waals surface area contributed by atoms with Crippen molar-refractivity contribution in [3.05, 3.63) is 39.0 Å². The number of benzene rings is 1. The molecule has 1 aromatic carbocycles. The summed E-state index contributed by atoms with van der Waals surface area (Å²) >= 11 is 17.7. The summed E-state index contributed by atoms with van der Waals surface area (Å²) in [6.07, 6.45) is 0. The Kier molecular flexibility index (Phi) is 2.93. The largest absolute Gasteiger partial charge is 0.477 e. The van der Waals surface area contributed by atoms with Crippen molar-refractivity contribution in [3.8, 4) is 0 Å². The molecular formula is C10H4Cl3NO2. The highest BCUT2D eigenvalue weighted by Gasteiger charge is 2.12. The van der Waals surface area contributed by atoms with E-state index in [0.29, 0.717) is 15.9 Å². The van der Waals surface area contributed by atoms with Gasteiger partial charge >= 0.3 is 5.97 Å². The maximum atomic E-state index is 10.8. The van der Waals surface area contributed by atoms with Crippen molar-refractivity contribution >= 4 is 51.7 Å². The SMILES string of the molecule is O=C(O)c1cc(Cl)c2cc(Cl)cc(Cl)c2n1. The molecule has 1 aromatic heterocycles. The minimum absolute atomic E-state index is 0.151. The van der Waals surface area contributed by atoms with Crippen LogP contribution in [0.3, 0.4) is 0 Å². The molecule has 3 nitrogen and oxygen atoms in total. The lowest BCUT2D eigenvalue weighted by molar-refractivity contribution is 0.0691. The Morgan fingerprint density at radius 3 is 2.44 bits per heavy atom. The molecule has 82 valence electrons. The predicted molar refractivity (Wildman–Crippen MR) is 63.7 cm³/mol. The summed E-state index contributed by atoms with van der Waals surface area (Å²) in [6, 6.07) is 4.34. The van der Waals surface area contributed by atoms with E-state index in [4.69, 9.17) is 39.9 Å². The van der Waals surface area contributed by atoms with Crippen LogP contribution in [0.5, 0.6) is 0 Å². The van der Waals surface area contributed by atoms with E-state index in [1.165, 1.54) is 12.1 Å². The van der Waals surface area contributed by atoms with Crippen molar-refractivity contribution < 1.29 is 9.90 Å². The monoisotopic (exact) mass is 275 g/mol. The van der Waals surface area contributed by atoms with E-state index >= 15 is 0 Å². The van der Waals surface area contributed by atoms with Gasteiger partial charge in [0.15, 0.2) is 0 Å². The number of halogens is 3. The smallest absolute Gasteiger partial charge is 0.354 e. The highest BCUT2D eigenvalue weighted by Crippen LogP contribution is 2.31. The summed E-state index contributed by atoms with van der Waals surface area (Å²) < 4.78 is 0. The summed E-state index contributed by atoms with van der Waals surface area (Å²) in [5.41, 5.74) is 0.178. The van der Waals surface area contributed by atoms with Gasteiger partial charge < -0.3 is 5.11 Å². The molecule has 0 unspecified atom stereocenters. The summed E-state index contributed by atoms with van der Waals surface area (Å²) in [5, 5.41) is 10.3. The molecule has 0 bridgehead atoms. The van der Waals surface area contributed by atoms with Gasteiger partial charge in [0, 0.05) is 10.4 Å². The van der Waals surface area contributed by atoms with Crippen molar-refractivity contribution in [2.24, 2.45) is 0 Å². The fourth-order valence-corrected chi connectivity index (χ4v) is 2.10. The third-order valence-corrected chi connectivity index (χ3v) is 2.82. The van der Waals surface area contributed by atoms with Gasteiger partial charge in [-0.2, -0.15) is 0 Å². The fourth-order valence-electron chi connectivity index (χ4n) is 1.32. The number of pyridine rings is 1. The molecule has 0 aliphatic heterocycles. The summed E-state index contributed by atoms with van der Waals surface area (Å²) in [4.78, 5) is 14.7. The van der Waals surface area contributed by atoms with E-state index in [2.05, 4.69) is 4.98 Å². The average Bonchev–Trinajstić information content (AvgIpc) is 2.19. The molecule has 0 saturated heterocycles. The molecule has 2 rings (SSSR count). The molecule has 0 amide bonds. The zero-order valence-corrected chi connectivity index (χ0v) is 9.94. The lowest BCUT2D eigenvalue weighted by atomic mass is 10.2. The Balaban J connectivity index is 2.87. The van der Waals surface area contributed by atoms with Gasteiger partial charge in [0.2, 0.25) is 0 Å². The van der Waals surface area contributed by atoms with E-state index in [-0.39, 0.29) is 15.7 Å². The zero-order chi connectivity index (χ0) is 11.9. The van der Waals surface area contributed by atoms with Gasteiger partial charge in [-0.05, 0) is 18.2 Å². The molecule has 2 aromatic rings. The summed E-state index contributed by atoms with van der Waals surface area (Å²) in [7, 11) is 0. The Morgan fingerprint density at radius 2 is 1.81 bits per heavy atom. The Hall–Kier alpha value is -1.03. The molecule has 0 spiro atoms. The number of hydrogen-bond donors (Lipinski definition) is 1. The molecule has 0 aliphatic rings. The van der Waals surface area contributed by atoms with Gasteiger partial charge in [0.1, 0.15) is 5.69 Å². The first-order chi connectivity index (χ1) is 7.49. The number of hydrogen-bond acceptors (Lipinski definition) is 2. The highest BCUT2D eigenvalue weighted by atomic mass is 35.5. The maximum absolute atomic E-state index is 10.8. The van der Waals surface area contributed by atoms with Crippen LogP contribution in [0.1, 0.15) is 10.5 Å². The van der Waals surface area contributed by atoms with Crippen LogP contribution in [0, 0.1) is 0 Å². The topological polar surface area (TPSA) is 50.2 Å². The number of aromatic carboxylic acids is 1. The average molecular weight is 277 g/mol. The van der Waals surface area contributed by atoms with Crippen LogP contribution >= 0.6 is 34.8 Å². The second-order valence-electron chi connectivity index (χ2n) is 3.08. The molecule has 16 heavy (non-hydrogen) atoms. The molecular weight excluding hydrogens is 272 g/mol. The van der Waals surface area contributed by atoms with Crippen molar-refractivity contribution in [1.29, 1.82) is 0 Å². The third-order valence-electron chi connectivity index (χ3n) is 2.00. The number of fused-ring (bicyclic) bond motifs is 1. The number of rotatable bonds is 1. The summed E-state index contributed by atoms with van der Waals surface area (Å²) in [6.45, 7) is 0. The minimum atomic E-state index is -1.16. The standard InChI is InChI=1S/C10H4Cl3NO2/c11-4-1-5-6(12)3-8(10(15)16)14-9(5)7(13)2-4/h1-3H,(H,15,16). The van der Waals surface area contributed by atoms with E-state index in [1.807, 2.05) is 0 Å². The normalized spacial score (nSPS) is 10.7. The van der Waals surface area contributed by atoms with Gasteiger partial charge in [-0.15, -0.1) is 0 Å². The molecule has 6 heteroatoms. The molecule has 0 fully saturated rings. The first-order valence-corrected chi connectivity index (χ1v) is 5.31. The molecule has 0 aliphatic carbocycles. The number of nitrogens with zero attached hydrogens (tertiary/aromatic N) is 1. The second kappa shape index (κ2) is 4.09. The molecule has 0 atom stereocenters. The van der Waals surface area contributed by atoms with Gasteiger partial charge in [0.25, 0.3) is 0 Å². The zero-order valence-electron chi connectivity index (χ0n) is 7.67. The van der Waals surface area contributed by atoms with E-state index in [9.17, 15) is 4.79 Å². The number of aromatic nitrogens is 1. The Labute approximate surface area is 106 Å². The molecule has 1 heterocycles. The number of carboxylic acid groups (broad SMARTS) is 1. The van der Waals surface area contributed by atoms with Crippen LogP contribution in [0.4, 0.5) is 0 Å².